The number of nitrogens with zero attached hydrogens (tertiary/aromatic N) is 3. The highest BCUT2D eigenvalue weighted by atomic mass is 32.1. The van der Waals surface area contributed by atoms with E-state index in [1.54, 1.807) is 6.92 Å². The molecular weight excluding hydrogens is 408 g/mol. The van der Waals surface area contributed by atoms with Crippen LogP contribution in [0.2, 0.25) is 0 Å². The van der Waals surface area contributed by atoms with E-state index in [0.717, 1.165) is 36.8 Å². The largest absolute Gasteiger partial charge is 0.463 e. The van der Waals surface area contributed by atoms with Gasteiger partial charge in [-0.2, -0.15) is 8.75 Å². The zero-order chi connectivity index (χ0) is 22.0. The summed E-state index contributed by atoms with van der Waals surface area (Å²) in [6.45, 7) is 11.5. The fourth-order valence-corrected chi connectivity index (χ4v) is 3.44. The molecule has 0 aromatic carbocycles. The number of aryl methyl sites for hydroxylation is 1. The highest BCUT2D eigenvalue weighted by molar-refractivity contribution is 6.99. The minimum atomic E-state index is -0.575. The maximum atomic E-state index is 12.2. The topological polar surface area (TPSA) is 103 Å². The average Bonchev–Trinajstić information content (AvgIpc) is 3.17. The van der Waals surface area contributed by atoms with Gasteiger partial charge in [0.15, 0.2) is 5.82 Å². The Balaban J connectivity index is 1.97. The van der Waals surface area contributed by atoms with E-state index >= 15 is 0 Å². The summed E-state index contributed by atoms with van der Waals surface area (Å²) in [4.78, 5) is 25.8. The molecule has 1 atom stereocenters. The van der Waals surface area contributed by atoms with E-state index in [-0.39, 0.29) is 18.2 Å². The van der Waals surface area contributed by atoms with E-state index < -0.39 is 11.9 Å². The van der Waals surface area contributed by atoms with E-state index in [4.69, 9.17) is 14.2 Å². The molecule has 1 aromatic heterocycles. The highest BCUT2D eigenvalue weighted by Crippen LogP contribution is 2.21. The summed E-state index contributed by atoms with van der Waals surface area (Å²) in [5.74, 6) is -0.254. The van der Waals surface area contributed by atoms with Crippen molar-refractivity contribution in [1.29, 1.82) is 0 Å². The Kier molecular flexibility index (Phi) is 9.67. The molecule has 1 aliphatic rings. The van der Waals surface area contributed by atoms with Crippen LogP contribution in [-0.2, 0) is 30.2 Å². The van der Waals surface area contributed by atoms with Gasteiger partial charge in [0.25, 0.3) is 0 Å². The van der Waals surface area contributed by atoms with Crippen LogP contribution in [0.25, 0.3) is 0 Å². The van der Waals surface area contributed by atoms with Gasteiger partial charge in [-0.1, -0.05) is 0 Å². The van der Waals surface area contributed by atoms with Crippen LogP contribution < -0.4 is 10.2 Å². The molecule has 30 heavy (non-hydrogen) atoms. The highest BCUT2D eigenvalue weighted by Gasteiger charge is 2.22. The van der Waals surface area contributed by atoms with Crippen LogP contribution in [0, 0.1) is 0 Å². The summed E-state index contributed by atoms with van der Waals surface area (Å²) in [7, 11) is 0. The normalized spacial score (nSPS) is 15.9. The Hall–Kier alpha value is -2.04. The predicted molar refractivity (Wildman–Crippen MR) is 115 cm³/mol. The lowest BCUT2D eigenvalue weighted by Crippen LogP contribution is -2.42. The lowest BCUT2D eigenvalue weighted by molar-refractivity contribution is -0.144. The summed E-state index contributed by atoms with van der Waals surface area (Å²) in [6.07, 6.45) is 3.04. The third-order valence-corrected chi connectivity index (χ3v) is 4.89. The van der Waals surface area contributed by atoms with Crippen LogP contribution in [0.3, 0.4) is 0 Å². The van der Waals surface area contributed by atoms with Gasteiger partial charge in [0.1, 0.15) is 6.10 Å². The smallest absolute Gasteiger partial charge is 0.331 e. The van der Waals surface area contributed by atoms with Crippen molar-refractivity contribution in [2.45, 2.75) is 52.2 Å². The van der Waals surface area contributed by atoms with Crippen LogP contribution in [0.15, 0.2) is 12.2 Å². The van der Waals surface area contributed by atoms with Gasteiger partial charge in [-0.25, -0.2) is 9.59 Å². The average molecular weight is 441 g/mol. The number of morpholine rings is 1. The number of esters is 2. The molecule has 2 heterocycles. The number of anilines is 1. The van der Waals surface area contributed by atoms with E-state index in [0.29, 0.717) is 32.6 Å². The van der Waals surface area contributed by atoms with Crippen molar-refractivity contribution in [2.24, 2.45) is 0 Å². The molecule has 1 N–H and O–H groups in total. The summed E-state index contributed by atoms with van der Waals surface area (Å²) < 4.78 is 24.7. The van der Waals surface area contributed by atoms with Crippen LogP contribution in [0.1, 0.15) is 39.8 Å². The Bertz CT molecular complexity index is 710. The number of nitrogens with one attached hydrogen (secondary N) is 1. The van der Waals surface area contributed by atoms with Crippen LogP contribution in [0.5, 0.6) is 0 Å². The summed E-state index contributed by atoms with van der Waals surface area (Å²) in [5.41, 5.74) is 0.785. The molecule has 0 saturated carbocycles. The van der Waals surface area contributed by atoms with Crippen molar-refractivity contribution >= 4 is 29.5 Å². The minimum Gasteiger partial charge on any atom is -0.463 e. The quantitative estimate of drug-likeness (QED) is 0.430. The first kappa shape index (κ1) is 24.2. The van der Waals surface area contributed by atoms with Crippen LogP contribution >= 0.6 is 11.7 Å². The molecule has 0 radical (unpaired) electrons. The fourth-order valence-electron chi connectivity index (χ4n) is 2.83. The molecule has 1 saturated heterocycles. The monoisotopic (exact) mass is 440 g/mol. The second kappa shape index (κ2) is 12.0. The van der Waals surface area contributed by atoms with Gasteiger partial charge in [-0.05, 0) is 40.5 Å². The molecule has 168 valence electrons. The molecule has 1 aromatic rings. The second-order valence-electron chi connectivity index (χ2n) is 7.95. The Labute approximate surface area is 182 Å². The Morgan fingerprint density at radius 2 is 1.93 bits per heavy atom. The van der Waals surface area contributed by atoms with Crippen molar-refractivity contribution in [3.05, 3.63) is 17.8 Å². The maximum Gasteiger partial charge on any atom is 0.331 e. The van der Waals surface area contributed by atoms with Crippen LogP contribution in [0.4, 0.5) is 5.82 Å². The number of carbonyl (C=O) groups excluding carboxylic acids is 2. The second-order valence-corrected chi connectivity index (χ2v) is 8.48. The van der Waals surface area contributed by atoms with Gasteiger partial charge in [-0.15, -0.1) is 0 Å². The predicted octanol–water partition coefficient (Wildman–Crippen LogP) is 1.73. The standard InChI is InChI=1S/C20H32N4O5S/c1-5-28-17(25)8-9-18(26)29-15(14-21-20(2,3)4)6-7-16-19(23-30-22-16)24-10-12-27-13-11-24/h8-9,15,21H,5-7,10-14H2,1-4H3/b9-8-/t15-/m1/s1. The first-order chi connectivity index (χ1) is 14.3. The van der Waals surface area contributed by atoms with Crippen molar-refractivity contribution in [3.63, 3.8) is 0 Å². The van der Waals surface area contributed by atoms with Gasteiger partial charge in [-0.3, -0.25) is 0 Å². The summed E-state index contributed by atoms with van der Waals surface area (Å²) in [6, 6.07) is 0. The Morgan fingerprint density at radius 1 is 1.23 bits per heavy atom. The molecule has 1 fully saturated rings. The number of hydrogen-bond acceptors (Lipinski definition) is 10. The zero-order valence-electron chi connectivity index (χ0n) is 18.2. The van der Waals surface area contributed by atoms with E-state index in [2.05, 4.69) is 19.0 Å². The lowest BCUT2D eigenvalue weighted by Gasteiger charge is -2.27. The van der Waals surface area contributed by atoms with Crippen molar-refractivity contribution in [1.82, 2.24) is 14.1 Å². The van der Waals surface area contributed by atoms with Gasteiger partial charge in [0.05, 0.1) is 37.2 Å². The molecule has 1 aliphatic heterocycles. The van der Waals surface area contributed by atoms with Crippen molar-refractivity contribution in [2.75, 3.05) is 44.4 Å². The van der Waals surface area contributed by atoms with E-state index in [1.807, 2.05) is 20.8 Å². The third kappa shape index (κ3) is 8.76. The first-order valence-corrected chi connectivity index (χ1v) is 11.0. The molecule has 9 nitrogen and oxygen atoms in total. The third-order valence-electron chi connectivity index (χ3n) is 4.34. The number of ether oxygens (including phenoxy) is 3. The van der Waals surface area contributed by atoms with Crippen LogP contribution in [-0.4, -0.2) is 71.8 Å². The van der Waals surface area contributed by atoms with Gasteiger partial charge >= 0.3 is 11.9 Å². The number of aromatic nitrogens is 2. The maximum absolute atomic E-state index is 12.2. The number of carbonyl (C=O) groups is 2. The summed E-state index contributed by atoms with van der Waals surface area (Å²) >= 11 is 1.19. The number of rotatable bonds is 10. The fraction of sp³-hybridized carbons (Fsp3) is 0.700. The molecule has 0 unspecified atom stereocenters. The van der Waals surface area contributed by atoms with Gasteiger partial charge in [0, 0.05) is 37.3 Å². The van der Waals surface area contributed by atoms with E-state index in [1.165, 1.54) is 11.7 Å². The summed E-state index contributed by atoms with van der Waals surface area (Å²) in [5, 5.41) is 3.37. The first-order valence-electron chi connectivity index (χ1n) is 10.2. The molecule has 10 heteroatoms. The van der Waals surface area contributed by atoms with Crippen molar-refractivity contribution in [3.8, 4) is 0 Å². The molecule has 0 bridgehead atoms. The molecule has 0 aliphatic carbocycles. The molecule has 0 spiro atoms. The SMILES string of the molecule is CCOC(=O)/C=C\C(=O)O[C@H](CCc1nsnc1N1CCOCC1)CNC(C)(C)C. The minimum absolute atomic E-state index is 0.118. The van der Waals surface area contributed by atoms with Gasteiger partial charge < -0.3 is 24.4 Å². The Morgan fingerprint density at radius 3 is 2.60 bits per heavy atom. The zero-order valence-corrected chi connectivity index (χ0v) is 19.0. The van der Waals surface area contributed by atoms with E-state index in [9.17, 15) is 9.59 Å². The molecule has 0 amide bonds. The molecule has 2 rings (SSSR count). The molecular formula is C20H32N4O5S. The van der Waals surface area contributed by atoms with Gasteiger partial charge in [0.2, 0.25) is 0 Å². The number of hydrogen-bond donors (Lipinski definition) is 1. The van der Waals surface area contributed by atoms with Crippen molar-refractivity contribution < 1.29 is 23.8 Å². The lowest BCUT2D eigenvalue weighted by atomic mass is 10.1.